The normalized spacial score (nSPS) is 20.2. The molecule has 0 unspecified atom stereocenters. The van der Waals surface area contributed by atoms with Crippen molar-refractivity contribution in [3.8, 4) is 0 Å². The van der Waals surface area contributed by atoms with E-state index in [2.05, 4.69) is 45.7 Å². The van der Waals surface area contributed by atoms with E-state index >= 15 is 0 Å². The van der Waals surface area contributed by atoms with Gasteiger partial charge in [0.05, 0.1) is 0 Å². The fourth-order valence-corrected chi connectivity index (χ4v) is 3.92. The lowest BCUT2D eigenvalue weighted by Gasteiger charge is -2.33. The number of aryl methyl sites for hydroxylation is 1. The Morgan fingerprint density at radius 1 is 1.16 bits per heavy atom. The first-order chi connectivity index (χ1) is 9.25. The Hall–Kier alpha value is -0.580. The van der Waals surface area contributed by atoms with Gasteiger partial charge in [-0.2, -0.15) is 0 Å². The van der Waals surface area contributed by atoms with Gasteiger partial charge >= 0.3 is 0 Å². The summed E-state index contributed by atoms with van der Waals surface area (Å²) in [6.45, 7) is 0.906. The van der Waals surface area contributed by atoms with Gasteiger partial charge in [-0.25, -0.2) is 0 Å². The number of halogens is 1. The highest BCUT2D eigenvalue weighted by Gasteiger charge is 2.29. The van der Waals surface area contributed by atoms with Gasteiger partial charge in [0.25, 0.3) is 0 Å². The van der Waals surface area contributed by atoms with Gasteiger partial charge in [0.15, 0.2) is 0 Å². The molecule has 1 heterocycles. The van der Waals surface area contributed by atoms with Gasteiger partial charge in [-0.15, -0.1) is 0 Å². The summed E-state index contributed by atoms with van der Waals surface area (Å²) in [6, 6.07) is 6.49. The lowest BCUT2D eigenvalue weighted by molar-refractivity contribution is -0.123. The Kier molecular flexibility index (Phi) is 4.10. The molecule has 102 valence electrons. The fraction of sp³-hybridized carbons (Fsp3) is 0.562. The van der Waals surface area contributed by atoms with Crippen molar-refractivity contribution in [2.45, 2.75) is 44.9 Å². The molecule has 0 aromatic heterocycles. The van der Waals surface area contributed by atoms with Gasteiger partial charge in [0, 0.05) is 21.7 Å². The molecule has 3 heteroatoms. The molecule has 1 fully saturated rings. The summed E-state index contributed by atoms with van der Waals surface area (Å²) in [7, 11) is 0. The van der Waals surface area contributed by atoms with Crippen molar-refractivity contribution in [3.63, 3.8) is 0 Å². The van der Waals surface area contributed by atoms with Gasteiger partial charge in [0.2, 0.25) is 5.91 Å². The van der Waals surface area contributed by atoms with Gasteiger partial charge in [-0.3, -0.25) is 4.79 Å². The molecule has 0 spiro atoms. The van der Waals surface area contributed by atoms with Crippen LogP contribution in [0.2, 0.25) is 0 Å². The van der Waals surface area contributed by atoms with Crippen molar-refractivity contribution in [1.29, 1.82) is 0 Å². The van der Waals surface area contributed by atoms with Gasteiger partial charge in [0.1, 0.15) is 0 Å². The number of hydrogen-bond donors (Lipinski definition) is 0. The highest BCUT2D eigenvalue weighted by molar-refractivity contribution is 14.1. The van der Waals surface area contributed by atoms with Crippen LogP contribution in [0.15, 0.2) is 18.2 Å². The summed E-state index contributed by atoms with van der Waals surface area (Å²) in [5.41, 5.74) is 2.52. The van der Waals surface area contributed by atoms with E-state index in [1.165, 1.54) is 34.1 Å². The first-order valence-corrected chi connectivity index (χ1v) is 8.43. The van der Waals surface area contributed by atoms with Crippen LogP contribution in [0.4, 0.5) is 5.69 Å². The average molecular weight is 369 g/mol. The molecule has 0 saturated heterocycles. The van der Waals surface area contributed by atoms with E-state index in [1.54, 1.807) is 0 Å². The van der Waals surface area contributed by atoms with E-state index in [4.69, 9.17) is 0 Å². The van der Waals surface area contributed by atoms with Gasteiger partial charge < -0.3 is 4.90 Å². The van der Waals surface area contributed by atoms with Crippen molar-refractivity contribution in [1.82, 2.24) is 0 Å². The Morgan fingerprint density at radius 3 is 2.74 bits per heavy atom. The van der Waals surface area contributed by atoms with Crippen molar-refractivity contribution < 1.29 is 4.79 Å². The maximum Gasteiger partial charge on any atom is 0.230 e. The highest BCUT2D eigenvalue weighted by Crippen LogP contribution is 2.32. The maximum absolute atomic E-state index is 12.7. The third-order valence-electron chi connectivity index (χ3n) is 4.38. The van der Waals surface area contributed by atoms with Crippen LogP contribution in [0, 0.1) is 9.49 Å². The smallest absolute Gasteiger partial charge is 0.230 e. The first-order valence-electron chi connectivity index (χ1n) is 7.35. The topological polar surface area (TPSA) is 20.3 Å². The average Bonchev–Trinajstić information content (AvgIpc) is 2.46. The summed E-state index contributed by atoms with van der Waals surface area (Å²) < 4.78 is 1.27. The largest absolute Gasteiger partial charge is 0.312 e. The zero-order valence-corrected chi connectivity index (χ0v) is 13.4. The van der Waals surface area contributed by atoms with E-state index in [0.717, 1.165) is 32.2 Å². The van der Waals surface area contributed by atoms with Crippen LogP contribution in [0.25, 0.3) is 0 Å². The third kappa shape index (κ3) is 2.81. The number of rotatable bonds is 1. The molecule has 0 radical (unpaired) electrons. The fourth-order valence-electron chi connectivity index (χ4n) is 3.36. The molecule has 1 aliphatic heterocycles. The van der Waals surface area contributed by atoms with Gasteiger partial charge in [-0.1, -0.05) is 19.3 Å². The predicted octanol–water partition coefficient (Wildman–Crippen LogP) is 4.15. The summed E-state index contributed by atoms with van der Waals surface area (Å²) >= 11 is 2.35. The number of carbonyl (C=O) groups is 1. The predicted molar refractivity (Wildman–Crippen MR) is 86.4 cm³/mol. The zero-order valence-electron chi connectivity index (χ0n) is 11.2. The lowest BCUT2D eigenvalue weighted by atomic mass is 9.87. The molecule has 0 atom stereocenters. The molecule has 0 N–H and O–H groups in total. The van der Waals surface area contributed by atoms with E-state index in [9.17, 15) is 4.79 Å². The number of fused-ring (bicyclic) bond motifs is 1. The molecule has 1 aromatic carbocycles. The van der Waals surface area contributed by atoms with E-state index in [-0.39, 0.29) is 5.92 Å². The Morgan fingerprint density at radius 2 is 1.95 bits per heavy atom. The second kappa shape index (κ2) is 5.81. The molecule has 1 aromatic rings. The quantitative estimate of drug-likeness (QED) is 0.681. The van der Waals surface area contributed by atoms with E-state index in [1.807, 2.05) is 0 Å². The minimum atomic E-state index is 0.277. The Balaban J connectivity index is 1.84. The van der Waals surface area contributed by atoms with Crippen LogP contribution >= 0.6 is 22.6 Å². The van der Waals surface area contributed by atoms with Crippen molar-refractivity contribution in [2.75, 3.05) is 11.4 Å². The van der Waals surface area contributed by atoms with Crippen LogP contribution in [-0.4, -0.2) is 12.5 Å². The second-order valence-electron chi connectivity index (χ2n) is 5.70. The monoisotopic (exact) mass is 369 g/mol. The van der Waals surface area contributed by atoms with E-state index < -0.39 is 0 Å². The lowest BCUT2D eigenvalue weighted by Crippen LogP contribution is -2.40. The molecule has 2 aliphatic rings. The van der Waals surface area contributed by atoms with Gasteiger partial charge in [-0.05, 0) is 72.0 Å². The summed E-state index contributed by atoms with van der Waals surface area (Å²) in [4.78, 5) is 14.8. The van der Waals surface area contributed by atoms with Crippen LogP contribution < -0.4 is 4.90 Å². The molecular formula is C16H20INO. The van der Waals surface area contributed by atoms with Crippen molar-refractivity contribution in [3.05, 3.63) is 27.3 Å². The first kappa shape index (κ1) is 13.4. The minimum absolute atomic E-state index is 0.277. The van der Waals surface area contributed by atoms with E-state index in [0.29, 0.717) is 5.91 Å². The number of anilines is 1. The zero-order chi connectivity index (χ0) is 13.2. The Labute approximate surface area is 128 Å². The SMILES string of the molecule is O=C(C1CCCCC1)N1CCCc2cc(I)ccc21. The summed E-state index contributed by atoms with van der Waals surface area (Å²) in [5.74, 6) is 0.654. The summed E-state index contributed by atoms with van der Waals surface area (Å²) in [6.07, 6.45) is 8.16. The number of nitrogens with zero attached hydrogens (tertiary/aromatic N) is 1. The molecular weight excluding hydrogens is 349 g/mol. The number of carbonyl (C=O) groups excluding carboxylic acids is 1. The third-order valence-corrected chi connectivity index (χ3v) is 5.05. The standard InChI is InChI=1S/C16H20INO/c17-14-8-9-15-13(11-14)7-4-10-18(15)16(19)12-5-2-1-3-6-12/h8-9,11-12H,1-7,10H2. The number of benzene rings is 1. The van der Waals surface area contributed by atoms with Crippen LogP contribution in [-0.2, 0) is 11.2 Å². The molecule has 2 nitrogen and oxygen atoms in total. The molecule has 3 rings (SSSR count). The van der Waals surface area contributed by atoms with Crippen molar-refractivity contribution >= 4 is 34.2 Å². The molecule has 1 amide bonds. The second-order valence-corrected chi connectivity index (χ2v) is 6.95. The number of amides is 1. The highest BCUT2D eigenvalue weighted by atomic mass is 127. The van der Waals surface area contributed by atoms with Crippen LogP contribution in [0.1, 0.15) is 44.1 Å². The molecule has 1 saturated carbocycles. The Bertz CT molecular complexity index is 480. The maximum atomic E-state index is 12.7. The molecule has 19 heavy (non-hydrogen) atoms. The van der Waals surface area contributed by atoms with Crippen LogP contribution in [0.3, 0.4) is 0 Å². The van der Waals surface area contributed by atoms with Crippen LogP contribution in [0.5, 0.6) is 0 Å². The number of hydrogen-bond acceptors (Lipinski definition) is 1. The minimum Gasteiger partial charge on any atom is -0.312 e. The summed E-state index contributed by atoms with van der Waals surface area (Å²) in [5, 5.41) is 0. The molecule has 0 bridgehead atoms. The molecule has 1 aliphatic carbocycles. The van der Waals surface area contributed by atoms with Crippen molar-refractivity contribution in [2.24, 2.45) is 5.92 Å².